The molecule has 1 N–H and O–H groups in total. The predicted octanol–water partition coefficient (Wildman–Crippen LogP) is 3.88. The lowest BCUT2D eigenvalue weighted by Crippen LogP contribution is -2.46. The maximum Gasteiger partial charge on any atom is 0.241 e. The van der Waals surface area contributed by atoms with Crippen molar-refractivity contribution in [1.82, 2.24) is 19.7 Å². The normalized spacial score (nSPS) is 17.2. The largest absolute Gasteiger partial charge is 0.325 e. The third-order valence-corrected chi connectivity index (χ3v) is 5.41. The molecule has 0 saturated carbocycles. The summed E-state index contributed by atoms with van der Waals surface area (Å²) < 4.78 is 1.91. The Hall–Kier alpha value is -2.99. The summed E-state index contributed by atoms with van der Waals surface area (Å²) in [4.78, 5) is 19.5. The molecule has 0 spiro atoms. The number of piperidine rings is 1. The van der Waals surface area contributed by atoms with Crippen LogP contribution in [0.3, 0.4) is 0 Å². The van der Waals surface area contributed by atoms with Crippen molar-refractivity contribution < 1.29 is 4.79 Å². The monoisotopic (exact) mass is 389 g/mol. The zero-order valence-electron chi connectivity index (χ0n) is 17.0. The minimum Gasteiger partial charge on any atom is -0.325 e. The Morgan fingerprint density at radius 1 is 1.17 bits per heavy atom. The third-order valence-electron chi connectivity index (χ3n) is 5.41. The van der Waals surface area contributed by atoms with Gasteiger partial charge in [-0.1, -0.05) is 12.5 Å². The summed E-state index contributed by atoms with van der Waals surface area (Å²) in [5.41, 5.74) is 5.02. The van der Waals surface area contributed by atoms with Gasteiger partial charge in [-0.05, 0) is 75.2 Å². The van der Waals surface area contributed by atoms with Crippen molar-refractivity contribution >= 4 is 11.6 Å². The van der Waals surface area contributed by atoms with Crippen LogP contribution in [0.1, 0.15) is 36.2 Å². The zero-order chi connectivity index (χ0) is 20.2. The molecular weight excluding hydrogens is 362 g/mol. The van der Waals surface area contributed by atoms with E-state index in [0.29, 0.717) is 0 Å². The number of carbonyl (C=O) groups is 1. The Bertz CT molecular complexity index is 965. The number of carbonyl (C=O) groups excluding carboxylic acids is 1. The molecule has 0 radical (unpaired) electrons. The standard InChI is InChI=1S/C23H27N5O/c1-17-14-18(2)28(26-17)21-10-8-20(9-11-21)25-23(29)22-7-3-4-13-27(22)16-19-6-5-12-24-15-19/h5-6,8-12,14-15,22H,3-4,7,13,16H2,1-2H3,(H,25,29). The molecule has 4 rings (SSSR count). The van der Waals surface area contributed by atoms with E-state index in [9.17, 15) is 4.79 Å². The average Bonchev–Trinajstić information content (AvgIpc) is 3.08. The highest BCUT2D eigenvalue weighted by atomic mass is 16.2. The average molecular weight is 390 g/mol. The van der Waals surface area contributed by atoms with Gasteiger partial charge in [0.05, 0.1) is 17.4 Å². The first-order valence-electron chi connectivity index (χ1n) is 10.2. The first-order chi connectivity index (χ1) is 14.1. The topological polar surface area (TPSA) is 63.1 Å². The Kier molecular flexibility index (Phi) is 5.71. The Labute approximate surface area is 171 Å². The van der Waals surface area contributed by atoms with Crippen LogP contribution in [0.25, 0.3) is 5.69 Å². The molecule has 1 saturated heterocycles. The number of hydrogen-bond acceptors (Lipinski definition) is 4. The van der Waals surface area contributed by atoms with Gasteiger partial charge in [-0.3, -0.25) is 14.7 Å². The second-order valence-corrected chi connectivity index (χ2v) is 7.72. The van der Waals surface area contributed by atoms with Gasteiger partial charge in [0.2, 0.25) is 5.91 Å². The second-order valence-electron chi connectivity index (χ2n) is 7.72. The molecule has 1 fully saturated rings. The van der Waals surface area contributed by atoms with E-state index in [4.69, 9.17) is 0 Å². The first-order valence-corrected chi connectivity index (χ1v) is 10.2. The van der Waals surface area contributed by atoms with Gasteiger partial charge >= 0.3 is 0 Å². The molecule has 0 bridgehead atoms. The number of likely N-dealkylation sites (tertiary alicyclic amines) is 1. The van der Waals surface area contributed by atoms with Crippen LogP contribution in [-0.2, 0) is 11.3 Å². The molecule has 1 unspecified atom stereocenters. The lowest BCUT2D eigenvalue weighted by molar-refractivity contribution is -0.122. The summed E-state index contributed by atoms with van der Waals surface area (Å²) in [5.74, 6) is 0.0625. The molecule has 29 heavy (non-hydrogen) atoms. The maximum atomic E-state index is 13.0. The van der Waals surface area contributed by atoms with Crippen LogP contribution in [0.15, 0.2) is 54.9 Å². The van der Waals surface area contributed by atoms with E-state index in [1.54, 1.807) is 6.20 Å². The first kappa shape index (κ1) is 19.3. The molecule has 1 aliphatic rings. The van der Waals surface area contributed by atoms with E-state index in [-0.39, 0.29) is 11.9 Å². The number of aromatic nitrogens is 3. The maximum absolute atomic E-state index is 13.0. The minimum atomic E-state index is -0.111. The van der Waals surface area contributed by atoms with Gasteiger partial charge in [0.1, 0.15) is 0 Å². The summed E-state index contributed by atoms with van der Waals surface area (Å²) in [6, 6.07) is 13.8. The second kappa shape index (κ2) is 8.57. The van der Waals surface area contributed by atoms with Crippen molar-refractivity contribution in [2.75, 3.05) is 11.9 Å². The fourth-order valence-corrected chi connectivity index (χ4v) is 4.01. The lowest BCUT2D eigenvalue weighted by Gasteiger charge is -2.34. The van der Waals surface area contributed by atoms with E-state index in [0.717, 1.165) is 60.7 Å². The van der Waals surface area contributed by atoms with Crippen LogP contribution < -0.4 is 5.32 Å². The van der Waals surface area contributed by atoms with E-state index >= 15 is 0 Å². The van der Waals surface area contributed by atoms with E-state index < -0.39 is 0 Å². The molecule has 0 aliphatic carbocycles. The van der Waals surface area contributed by atoms with Crippen molar-refractivity contribution in [3.8, 4) is 5.69 Å². The number of nitrogens with zero attached hydrogens (tertiary/aromatic N) is 4. The molecule has 6 nitrogen and oxygen atoms in total. The van der Waals surface area contributed by atoms with Gasteiger partial charge in [-0.15, -0.1) is 0 Å². The lowest BCUT2D eigenvalue weighted by atomic mass is 10.0. The smallest absolute Gasteiger partial charge is 0.241 e. The minimum absolute atomic E-state index is 0.0625. The number of pyridine rings is 1. The van der Waals surface area contributed by atoms with Gasteiger partial charge in [-0.2, -0.15) is 5.10 Å². The van der Waals surface area contributed by atoms with Gasteiger partial charge in [0, 0.05) is 30.3 Å². The van der Waals surface area contributed by atoms with Crippen LogP contribution in [0.4, 0.5) is 5.69 Å². The Morgan fingerprint density at radius 3 is 2.69 bits per heavy atom. The molecule has 6 heteroatoms. The molecule has 1 aromatic carbocycles. The SMILES string of the molecule is Cc1cc(C)n(-c2ccc(NC(=O)C3CCCCN3Cc3cccnc3)cc2)n1. The zero-order valence-corrected chi connectivity index (χ0v) is 17.0. The van der Waals surface area contributed by atoms with Gasteiger partial charge < -0.3 is 5.32 Å². The van der Waals surface area contributed by atoms with Crippen LogP contribution in [-0.4, -0.2) is 38.2 Å². The number of rotatable bonds is 5. The van der Waals surface area contributed by atoms with E-state index in [1.807, 2.05) is 55.1 Å². The van der Waals surface area contributed by atoms with E-state index in [2.05, 4.69) is 32.4 Å². The van der Waals surface area contributed by atoms with Crippen molar-refractivity contribution in [3.63, 3.8) is 0 Å². The molecule has 1 amide bonds. The predicted molar refractivity (Wildman–Crippen MR) is 114 cm³/mol. The molecule has 3 aromatic rings. The van der Waals surface area contributed by atoms with Crippen LogP contribution >= 0.6 is 0 Å². The summed E-state index contributed by atoms with van der Waals surface area (Å²) >= 11 is 0. The highest BCUT2D eigenvalue weighted by Gasteiger charge is 2.28. The van der Waals surface area contributed by atoms with Crippen LogP contribution in [0.2, 0.25) is 0 Å². The molecule has 2 aromatic heterocycles. The van der Waals surface area contributed by atoms with Gasteiger partial charge in [0.15, 0.2) is 0 Å². The molecule has 150 valence electrons. The summed E-state index contributed by atoms with van der Waals surface area (Å²) in [6.45, 7) is 5.71. The Balaban J connectivity index is 1.44. The van der Waals surface area contributed by atoms with Gasteiger partial charge in [0.25, 0.3) is 0 Å². The van der Waals surface area contributed by atoms with Crippen molar-refractivity contribution in [3.05, 3.63) is 71.8 Å². The fraction of sp³-hybridized carbons (Fsp3) is 0.348. The molecular formula is C23H27N5O. The molecule has 3 heterocycles. The number of amides is 1. The number of anilines is 1. The Morgan fingerprint density at radius 2 is 2.00 bits per heavy atom. The third kappa shape index (κ3) is 4.54. The summed E-state index contributed by atoms with van der Waals surface area (Å²) in [5, 5.41) is 7.61. The summed E-state index contributed by atoms with van der Waals surface area (Å²) in [6.07, 6.45) is 6.75. The van der Waals surface area contributed by atoms with Crippen molar-refractivity contribution in [2.45, 2.75) is 45.7 Å². The fourth-order valence-electron chi connectivity index (χ4n) is 4.01. The van der Waals surface area contributed by atoms with Gasteiger partial charge in [-0.25, -0.2) is 4.68 Å². The number of hydrogen-bond donors (Lipinski definition) is 1. The molecule has 1 aliphatic heterocycles. The quantitative estimate of drug-likeness (QED) is 0.719. The van der Waals surface area contributed by atoms with Crippen molar-refractivity contribution in [1.29, 1.82) is 0 Å². The highest BCUT2D eigenvalue weighted by molar-refractivity contribution is 5.95. The van der Waals surface area contributed by atoms with Crippen molar-refractivity contribution in [2.24, 2.45) is 0 Å². The van der Waals surface area contributed by atoms with Crippen LogP contribution in [0, 0.1) is 13.8 Å². The highest BCUT2D eigenvalue weighted by Crippen LogP contribution is 2.22. The summed E-state index contributed by atoms with van der Waals surface area (Å²) in [7, 11) is 0. The number of nitrogens with one attached hydrogen (secondary N) is 1. The number of benzene rings is 1. The van der Waals surface area contributed by atoms with Crippen LogP contribution in [0.5, 0.6) is 0 Å². The molecule has 1 atom stereocenters. The number of aryl methyl sites for hydroxylation is 2. The van der Waals surface area contributed by atoms with E-state index in [1.165, 1.54) is 0 Å².